The van der Waals surface area contributed by atoms with E-state index in [0.29, 0.717) is 0 Å². The summed E-state index contributed by atoms with van der Waals surface area (Å²) in [5.41, 5.74) is 9.84. The van der Waals surface area contributed by atoms with Crippen LogP contribution in [0.5, 0.6) is 0 Å². The lowest BCUT2D eigenvalue weighted by Crippen LogP contribution is -2.12. The molecule has 0 saturated carbocycles. The Kier molecular flexibility index (Phi) is 14.2. The molecular weight excluding hydrogens is 581 g/mol. The fourth-order valence-corrected chi connectivity index (χ4v) is 6.64. The molecule has 0 spiro atoms. The Morgan fingerprint density at radius 1 is 0.292 bits per heavy atom. The molecule has 48 heavy (non-hydrogen) atoms. The van der Waals surface area contributed by atoms with Crippen LogP contribution >= 0.6 is 0 Å². The van der Waals surface area contributed by atoms with Gasteiger partial charge in [-0.3, -0.25) is 0 Å². The summed E-state index contributed by atoms with van der Waals surface area (Å²) in [4.78, 5) is 4.73. The SMILES string of the molecule is CCCCCCCCc1ccc(N(c2ccccc2)c2ccc(N(c3ccccc3)c3ccc(CCCCCCCC)cc3)cc2)cc1. The van der Waals surface area contributed by atoms with Crippen LogP contribution in [-0.2, 0) is 12.8 Å². The summed E-state index contributed by atoms with van der Waals surface area (Å²) in [5.74, 6) is 0. The molecule has 5 rings (SSSR count). The maximum absolute atomic E-state index is 2.36. The van der Waals surface area contributed by atoms with Crippen molar-refractivity contribution in [2.45, 2.75) is 104 Å². The molecule has 0 heterocycles. The highest BCUT2D eigenvalue weighted by atomic mass is 15.2. The van der Waals surface area contributed by atoms with Crippen molar-refractivity contribution in [2.75, 3.05) is 9.80 Å². The molecule has 2 nitrogen and oxygen atoms in total. The molecule has 5 aromatic rings. The molecule has 250 valence electrons. The monoisotopic (exact) mass is 636 g/mol. The van der Waals surface area contributed by atoms with Gasteiger partial charge in [0.2, 0.25) is 0 Å². The van der Waals surface area contributed by atoms with Crippen molar-refractivity contribution in [3.63, 3.8) is 0 Å². The average molecular weight is 637 g/mol. The van der Waals surface area contributed by atoms with Crippen molar-refractivity contribution in [2.24, 2.45) is 0 Å². The van der Waals surface area contributed by atoms with Crippen LogP contribution in [0.25, 0.3) is 0 Å². The molecule has 0 saturated heterocycles. The first-order chi connectivity index (χ1) is 23.8. The first kappa shape index (κ1) is 35.0. The van der Waals surface area contributed by atoms with E-state index in [9.17, 15) is 0 Å². The molecule has 0 bridgehead atoms. The van der Waals surface area contributed by atoms with E-state index in [-0.39, 0.29) is 0 Å². The van der Waals surface area contributed by atoms with Crippen molar-refractivity contribution in [3.05, 3.63) is 145 Å². The van der Waals surface area contributed by atoms with Crippen molar-refractivity contribution >= 4 is 34.1 Å². The molecule has 0 radical (unpaired) electrons. The molecule has 0 aliphatic heterocycles. The average Bonchev–Trinajstić information content (AvgIpc) is 3.14. The normalized spacial score (nSPS) is 11.0. The van der Waals surface area contributed by atoms with Crippen LogP contribution in [0.4, 0.5) is 34.1 Å². The van der Waals surface area contributed by atoms with Gasteiger partial charge in [0.25, 0.3) is 0 Å². The van der Waals surface area contributed by atoms with Crippen LogP contribution in [0.1, 0.15) is 102 Å². The Bertz CT molecular complexity index is 1440. The van der Waals surface area contributed by atoms with Gasteiger partial charge in [0.15, 0.2) is 0 Å². The summed E-state index contributed by atoms with van der Waals surface area (Å²) in [6.07, 6.45) is 18.3. The van der Waals surface area contributed by atoms with Crippen molar-refractivity contribution in [3.8, 4) is 0 Å². The van der Waals surface area contributed by atoms with Crippen LogP contribution in [0.2, 0.25) is 0 Å². The van der Waals surface area contributed by atoms with Gasteiger partial charge in [-0.05, 0) is 110 Å². The highest BCUT2D eigenvalue weighted by Gasteiger charge is 2.16. The molecule has 0 atom stereocenters. The molecule has 0 aromatic heterocycles. The van der Waals surface area contributed by atoms with Gasteiger partial charge in [-0.25, -0.2) is 0 Å². The summed E-state index contributed by atoms with van der Waals surface area (Å²) in [6, 6.07) is 48.9. The first-order valence-electron chi connectivity index (χ1n) is 18.7. The summed E-state index contributed by atoms with van der Waals surface area (Å²) in [6.45, 7) is 4.57. The van der Waals surface area contributed by atoms with Crippen LogP contribution in [-0.4, -0.2) is 0 Å². The first-order valence-corrected chi connectivity index (χ1v) is 18.7. The molecule has 5 aromatic carbocycles. The van der Waals surface area contributed by atoms with E-state index in [1.165, 1.54) is 99.6 Å². The second-order valence-corrected chi connectivity index (χ2v) is 13.2. The standard InChI is InChI=1S/C46H56N2/c1-3-5-7-9-11-15-21-39-27-31-43(32-28-39)47(41-23-17-13-18-24-41)45-35-37-46(38-36-45)48(42-25-19-14-20-26-42)44-33-29-40(30-34-44)22-16-12-10-8-6-4-2/h13-14,17-20,23-38H,3-12,15-16,21-22H2,1-2H3. The zero-order chi connectivity index (χ0) is 33.2. The smallest absolute Gasteiger partial charge is 0.0463 e. The molecule has 0 aliphatic carbocycles. The van der Waals surface area contributed by atoms with Gasteiger partial charge in [0, 0.05) is 34.1 Å². The number of hydrogen-bond acceptors (Lipinski definition) is 2. The minimum atomic E-state index is 1.15. The second kappa shape index (κ2) is 19.5. The summed E-state index contributed by atoms with van der Waals surface area (Å²) < 4.78 is 0. The van der Waals surface area contributed by atoms with Crippen molar-refractivity contribution in [1.29, 1.82) is 0 Å². The number of unbranched alkanes of at least 4 members (excludes halogenated alkanes) is 10. The molecule has 0 N–H and O–H groups in total. The van der Waals surface area contributed by atoms with Crippen molar-refractivity contribution in [1.82, 2.24) is 0 Å². The predicted octanol–water partition coefficient (Wildman–Crippen LogP) is 14.4. The lowest BCUT2D eigenvalue weighted by atomic mass is 10.0. The topological polar surface area (TPSA) is 6.48 Å². The molecule has 2 heteroatoms. The van der Waals surface area contributed by atoms with Gasteiger partial charge < -0.3 is 9.80 Å². The Morgan fingerprint density at radius 2 is 0.562 bits per heavy atom. The zero-order valence-corrected chi connectivity index (χ0v) is 29.5. The van der Waals surface area contributed by atoms with Crippen LogP contribution in [0.15, 0.2) is 133 Å². The number of rotatable bonds is 20. The van der Waals surface area contributed by atoms with E-state index in [1.54, 1.807) is 0 Å². The highest BCUT2D eigenvalue weighted by molar-refractivity contribution is 5.81. The van der Waals surface area contributed by atoms with E-state index >= 15 is 0 Å². The summed E-state index contributed by atoms with van der Waals surface area (Å²) >= 11 is 0. The fraction of sp³-hybridized carbons (Fsp3) is 0.348. The predicted molar refractivity (Wildman–Crippen MR) is 210 cm³/mol. The van der Waals surface area contributed by atoms with E-state index < -0.39 is 0 Å². The lowest BCUT2D eigenvalue weighted by Gasteiger charge is -2.28. The highest BCUT2D eigenvalue weighted by Crippen LogP contribution is 2.39. The third kappa shape index (κ3) is 10.3. The lowest BCUT2D eigenvalue weighted by molar-refractivity contribution is 0.607. The van der Waals surface area contributed by atoms with Gasteiger partial charge >= 0.3 is 0 Å². The molecule has 0 amide bonds. The van der Waals surface area contributed by atoms with Gasteiger partial charge in [-0.1, -0.05) is 139 Å². The van der Waals surface area contributed by atoms with Crippen LogP contribution in [0, 0.1) is 0 Å². The van der Waals surface area contributed by atoms with Crippen LogP contribution < -0.4 is 9.80 Å². The second-order valence-electron chi connectivity index (χ2n) is 13.2. The number of para-hydroxylation sites is 2. The number of nitrogens with zero attached hydrogens (tertiary/aromatic N) is 2. The Balaban J connectivity index is 1.33. The number of aryl methyl sites for hydroxylation is 2. The van der Waals surface area contributed by atoms with E-state index in [0.717, 1.165) is 35.6 Å². The largest absolute Gasteiger partial charge is 0.311 e. The van der Waals surface area contributed by atoms with Gasteiger partial charge in [-0.15, -0.1) is 0 Å². The van der Waals surface area contributed by atoms with E-state index in [1.807, 2.05) is 0 Å². The Labute approximate surface area is 291 Å². The minimum Gasteiger partial charge on any atom is -0.311 e. The third-order valence-corrected chi connectivity index (χ3v) is 9.42. The summed E-state index contributed by atoms with van der Waals surface area (Å²) in [7, 11) is 0. The van der Waals surface area contributed by atoms with Gasteiger partial charge in [0.05, 0.1) is 0 Å². The maximum Gasteiger partial charge on any atom is 0.0463 e. The quantitative estimate of drug-likeness (QED) is 0.0784. The number of anilines is 6. The van der Waals surface area contributed by atoms with Gasteiger partial charge in [0.1, 0.15) is 0 Å². The molecule has 0 fully saturated rings. The molecule has 0 unspecified atom stereocenters. The molecule has 0 aliphatic rings. The number of hydrogen-bond donors (Lipinski definition) is 0. The Hall–Kier alpha value is -4.30. The van der Waals surface area contributed by atoms with Crippen molar-refractivity contribution < 1.29 is 0 Å². The number of benzene rings is 5. The van der Waals surface area contributed by atoms with Crippen LogP contribution in [0.3, 0.4) is 0 Å². The van der Waals surface area contributed by atoms with E-state index in [4.69, 9.17) is 0 Å². The maximum atomic E-state index is 2.36. The summed E-state index contributed by atoms with van der Waals surface area (Å²) in [5, 5.41) is 0. The van der Waals surface area contributed by atoms with E-state index in [2.05, 4.69) is 157 Å². The fourth-order valence-electron chi connectivity index (χ4n) is 6.64. The van der Waals surface area contributed by atoms with Gasteiger partial charge in [-0.2, -0.15) is 0 Å². The minimum absolute atomic E-state index is 1.15. The Morgan fingerprint density at radius 3 is 0.896 bits per heavy atom. The zero-order valence-electron chi connectivity index (χ0n) is 29.5. The molecular formula is C46H56N2. The third-order valence-electron chi connectivity index (χ3n) is 9.42.